The molecule has 7 nitrogen and oxygen atoms in total. The fourth-order valence-corrected chi connectivity index (χ4v) is 2.37. The fraction of sp³-hybridized carbons (Fsp3) is 0.211. The van der Waals surface area contributed by atoms with Crippen LogP contribution >= 0.6 is 0 Å². The van der Waals surface area contributed by atoms with Crippen LogP contribution in [-0.4, -0.2) is 33.4 Å². The molecule has 1 heterocycles. The third kappa shape index (κ3) is 4.25. The summed E-state index contributed by atoms with van der Waals surface area (Å²) >= 11 is 0. The number of benzene rings is 2. The smallest absolute Gasteiger partial charge is 0.437 e. The fourth-order valence-electron chi connectivity index (χ4n) is 2.37. The molecule has 1 aromatic heterocycles. The number of aliphatic hydroxyl groups is 1. The van der Waals surface area contributed by atoms with E-state index in [0.717, 1.165) is 4.68 Å². The Bertz CT molecular complexity index is 946. The molecule has 0 amide bonds. The maximum atomic E-state index is 11.9. The number of aromatic nitrogens is 2. The van der Waals surface area contributed by atoms with Gasteiger partial charge in [-0.3, -0.25) is 4.79 Å². The van der Waals surface area contributed by atoms with Gasteiger partial charge in [0, 0.05) is 11.1 Å². The molecule has 0 aliphatic carbocycles. The summed E-state index contributed by atoms with van der Waals surface area (Å²) < 4.78 is 11.7. The molecule has 7 heteroatoms. The van der Waals surface area contributed by atoms with Crippen molar-refractivity contribution in [3.63, 3.8) is 0 Å². The summed E-state index contributed by atoms with van der Waals surface area (Å²) in [6.07, 6.45) is -0.970. The zero-order valence-electron chi connectivity index (χ0n) is 14.2. The van der Waals surface area contributed by atoms with Gasteiger partial charge in [-0.2, -0.15) is 4.68 Å². The van der Waals surface area contributed by atoms with Gasteiger partial charge in [-0.15, -0.1) is 5.10 Å². The van der Waals surface area contributed by atoms with Crippen molar-refractivity contribution in [2.75, 3.05) is 6.61 Å². The zero-order valence-corrected chi connectivity index (χ0v) is 14.2. The van der Waals surface area contributed by atoms with E-state index in [1.165, 1.54) is 6.92 Å². The number of ether oxygens (including phenoxy) is 1. The van der Waals surface area contributed by atoms with Crippen LogP contribution in [0, 0.1) is 0 Å². The Labute approximate surface area is 149 Å². The van der Waals surface area contributed by atoms with Crippen molar-refractivity contribution in [1.82, 2.24) is 9.78 Å². The van der Waals surface area contributed by atoms with Gasteiger partial charge in [0.25, 0.3) is 0 Å². The molecule has 1 atom stereocenters. The second-order valence-corrected chi connectivity index (χ2v) is 5.77. The molecule has 0 fully saturated rings. The Hall–Kier alpha value is -3.19. The zero-order chi connectivity index (χ0) is 18.5. The molecule has 0 spiro atoms. The average molecular weight is 354 g/mol. The molecule has 3 rings (SSSR count). The third-order valence-electron chi connectivity index (χ3n) is 3.69. The predicted octanol–water partition coefficient (Wildman–Crippen LogP) is 2.15. The summed E-state index contributed by atoms with van der Waals surface area (Å²) in [5.74, 6) is -0.0628. The van der Waals surface area contributed by atoms with E-state index in [2.05, 4.69) is 5.10 Å². The van der Waals surface area contributed by atoms with Gasteiger partial charge < -0.3 is 14.3 Å². The first-order chi connectivity index (χ1) is 12.5. The monoisotopic (exact) mass is 354 g/mol. The lowest BCUT2D eigenvalue weighted by Gasteiger charge is -2.12. The number of Topliss-reactive ketones (excluding diaryl/α,β-unsaturated/α-hetero) is 1. The quantitative estimate of drug-likeness (QED) is 0.653. The molecule has 1 N–H and O–H groups in total. The van der Waals surface area contributed by atoms with E-state index >= 15 is 0 Å². The van der Waals surface area contributed by atoms with E-state index in [0.29, 0.717) is 16.9 Å². The molecule has 0 bridgehead atoms. The maximum absolute atomic E-state index is 11.9. The van der Waals surface area contributed by atoms with Crippen molar-refractivity contribution in [3.05, 3.63) is 70.7 Å². The first kappa shape index (κ1) is 17.6. The Kier molecular flexibility index (Phi) is 5.28. The minimum Gasteiger partial charge on any atom is -0.491 e. The Morgan fingerprint density at radius 2 is 2.00 bits per heavy atom. The summed E-state index contributed by atoms with van der Waals surface area (Å²) in [7, 11) is 0. The van der Waals surface area contributed by atoms with E-state index in [4.69, 9.17) is 9.15 Å². The highest BCUT2D eigenvalue weighted by molar-refractivity contribution is 5.94. The van der Waals surface area contributed by atoms with Gasteiger partial charge in [0.2, 0.25) is 5.89 Å². The van der Waals surface area contributed by atoms with Crippen LogP contribution in [0.2, 0.25) is 0 Å². The normalized spacial score (nSPS) is 11.9. The van der Waals surface area contributed by atoms with Crippen molar-refractivity contribution < 1.29 is 19.1 Å². The average Bonchev–Trinajstić information content (AvgIpc) is 3.01. The van der Waals surface area contributed by atoms with Crippen molar-refractivity contribution in [2.45, 2.75) is 19.6 Å². The highest BCUT2D eigenvalue weighted by Gasteiger charge is 2.14. The molecular formula is C19H18N2O5. The molecule has 0 aliphatic heterocycles. The van der Waals surface area contributed by atoms with Crippen molar-refractivity contribution in [3.8, 4) is 17.2 Å². The molecular weight excluding hydrogens is 336 g/mol. The molecule has 0 saturated heterocycles. The van der Waals surface area contributed by atoms with Crippen molar-refractivity contribution >= 4 is 5.78 Å². The van der Waals surface area contributed by atoms with Crippen LogP contribution in [0.25, 0.3) is 11.5 Å². The number of ketones is 1. The standard InChI is InChI=1S/C19H18N2O5/c1-13(22)15-8-5-9-17(10-15)25-12-16(23)11-21-19(24)26-18(20-21)14-6-3-2-4-7-14/h2-10,16,23H,11-12H2,1H3. The minimum absolute atomic E-state index is 0.0542. The lowest BCUT2D eigenvalue weighted by atomic mass is 10.1. The van der Waals surface area contributed by atoms with Gasteiger partial charge in [-0.05, 0) is 31.2 Å². The molecule has 3 aromatic rings. The van der Waals surface area contributed by atoms with Gasteiger partial charge in [-0.25, -0.2) is 4.79 Å². The van der Waals surface area contributed by atoms with Crippen LogP contribution in [0.5, 0.6) is 5.75 Å². The highest BCUT2D eigenvalue weighted by atomic mass is 16.5. The van der Waals surface area contributed by atoms with Gasteiger partial charge in [-0.1, -0.05) is 30.3 Å². The SMILES string of the molecule is CC(=O)c1cccc(OCC(O)Cn2nc(-c3ccccc3)oc2=O)c1. The second kappa shape index (κ2) is 7.79. The largest absolute Gasteiger partial charge is 0.491 e. The van der Waals surface area contributed by atoms with Crippen LogP contribution in [0.15, 0.2) is 63.8 Å². The van der Waals surface area contributed by atoms with Gasteiger partial charge in [0.15, 0.2) is 5.78 Å². The van der Waals surface area contributed by atoms with Crippen LogP contribution < -0.4 is 10.5 Å². The van der Waals surface area contributed by atoms with Gasteiger partial charge >= 0.3 is 5.76 Å². The van der Waals surface area contributed by atoms with E-state index in [1.54, 1.807) is 36.4 Å². The lowest BCUT2D eigenvalue weighted by molar-refractivity contribution is 0.0874. The van der Waals surface area contributed by atoms with Gasteiger partial charge in [0.1, 0.15) is 18.5 Å². The first-order valence-electron chi connectivity index (χ1n) is 8.08. The van der Waals surface area contributed by atoms with Crippen molar-refractivity contribution in [2.24, 2.45) is 0 Å². The molecule has 134 valence electrons. The van der Waals surface area contributed by atoms with Crippen LogP contribution in [-0.2, 0) is 6.54 Å². The van der Waals surface area contributed by atoms with Crippen LogP contribution in [0.3, 0.4) is 0 Å². The third-order valence-corrected chi connectivity index (χ3v) is 3.69. The summed E-state index contributed by atoms with van der Waals surface area (Å²) in [5.41, 5.74) is 1.20. The number of hydrogen-bond acceptors (Lipinski definition) is 6. The lowest BCUT2D eigenvalue weighted by Crippen LogP contribution is -2.29. The number of aliphatic hydroxyl groups excluding tert-OH is 1. The number of carbonyl (C=O) groups is 1. The van der Waals surface area contributed by atoms with Crippen molar-refractivity contribution in [1.29, 1.82) is 0 Å². The van der Waals surface area contributed by atoms with Gasteiger partial charge in [0.05, 0.1) is 6.54 Å². The van der Waals surface area contributed by atoms with E-state index in [-0.39, 0.29) is 24.8 Å². The Balaban J connectivity index is 1.63. The summed E-state index contributed by atoms with van der Waals surface area (Å²) in [6, 6.07) is 15.7. The predicted molar refractivity (Wildman–Crippen MR) is 94.1 cm³/mol. The number of nitrogens with zero attached hydrogens (tertiary/aromatic N) is 2. The topological polar surface area (TPSA) is 94.6 Å². The van der Waals surface area contributed by atoms with Crippen LogP contribution in [0.4, 0.5) is 0 Å². The minimum atomic E-state index is -0.970. The Morgan fingerprint density at radius 1 is 1.23 bits per heavy atom. The number of rotatable bonds is 7. The van der Waals surface area contributed by atoms with E-state index < -0.39 is 11.9 Å². The molecule has 0 saturated carbocycles. The number of hydrogen-bond donors (Lipinski definition) is 1. The number of carbonyl (C=O) groups excluding carboxylic acids is 1. The summed E-state index contributed by atoms with van der Waals surface area (Å²) in [5, 5.41) is 14.2. The molecule has 0 radical (unpaired) electrons. The molecule has 1 unspecified atom stereocenters. The summed E-state index contributed by atoms with van der Waals surface area (Å²) in [4.78, 5) is 23.3. The molecule has 2 aromatic carbocycles. The van der Waals surface area contributed by atoms with E-state index in [9.17, 15) is 14.7 Å². The molecule has 0 aliphatic rings. The first-order valence-corrected chi connectivity index (χ1v) is 8.08. The van der Waals surface area contributed by atoms with Crippen LogP contribution in [0.1, 0.15) is 17.3 Å². The molecule has 26 heavy (non-hydrogen) atoms. The Morgan fingerprint density at radius 3 is 2.73 bits per heavy atom. The highest BCUT2D eigenvalue weighted by Crippen LogP contribution is 2.15. The maximum Gasteiger partial charge on any atom is 0.437 e. The summed E-state index contributed by atoms with van der Waals surface area (Å²) in [6.45, 7) is 1.35. The van der Waals surface area contributed by atoms with E-state index in [1.807, 2.05) is 18.2 Å². The second-order valence-electron chi connectivity index (χ2n) is 5.77.